The molecule has 1 heterocycles. The molecule has 0 aromatic heterocycles. The van der Waals surface area contributed by atoms with Crippen molar-refractivity contribution in [2.45, 2.75) is 12.5 Å². The van der Waals surface area contributed by atoms with Gasteiger partial charge in [-0.15, -0.1) is 0 Å². The number of rotatable bonds is 2. The number of halogens is 2. The number of nitrogens with two attached hydrogens (primary N) is 1. The third-order valence-corrected chi connectivity index (χ3v) is 2.33. The molecule has 0 spiro atoms. The first kappa shape index (κ1) is 10.1. The monoisotopic (exact) mass is 211 g/mol. The van der Waals surface area contributed by atoms with E-state index in [4.69, 9.17) is 10.5 Å². The van der Waals surface area contributed by atoms with Crippen molar-refractivity contribution in [3.05, 3.63) is 47.2 Å². The molecule has 0 saturated carbocycles. The molecular formula is C11H11F2NO. The highest BCUT2D eigenvalue weighted by atomic mass is 19.1. The minimum atomic E-state index is -0.719. The summed E-state index contributed by atoms with van der Waals surface area (Å²) in [4.78, 5) is 0. The van der Waals surface area contributed by atoms with Gasteiger partial charge in [0.05, 0.1) is 12.6 Å². The second-order valence-electron chi connectivity index (χ2n) is 3.39. The lowest BCUT2D eigenvalue weighted by atomic mass is 10.0. The summed E-state index contributed by atoms with van der Waals surface area (Å²) in [7, 11) is 0. The third kappa shape index (κ3) is 1.99. The molecule has 1 unspecified atom stereocenters. The summed E-state index contributed by atoms with van der Waals surface area (Å²) in [5, 5.41) is 0. The van der Waals surface area contributed by atoms with Gasteiger partial charge in [0.25, 0.3) is 0 Å². The molecule has 0 saturated heterocycles. The first-order valence-corrected chi connectivity index (χ1v) is 4.72. The molecule has 1 aliphatic rings. The van der Waals surface area contributed by atoms with Gasteiger partial charge in [0.15, 0.2) is 0 Å². The molecule has 2 rings (SSSR count). The summed E-state index contributed by atoms with van der Waals surface area (Å²) >= 11 is 0. The summed E-state index contributed by atoms with van der Waals surface area (Å²) < 4.78 is 31.5. The summed E-state index contributed by atoms with van der Waals surface area (Å²) in [6.45, 7) is 0.556. The molecule has 0 fully saturated rings. The van der Waals surface area contributed by atoms with Gasteiger partial charge in [-0.05, 0) is 24.3 Å². The van der Waals surface area contributed by atoms with Gasteiger partial charge in [-0.25, -0.2) is 8.78 Å². The Labute approximate surface area is 86.3 Å². The van der Waals surface area contributed by atoms with E-state index in [1.54, 1.807) is 6.08 Å². The normalized spacial score (nSPS) is 17.1. The standard InChI is InChI=1S/C11H11F2NO/c12-7-3-4-9(13)8(6-7)11(14)10-2-1-5-15-10/h2-4,6,11H,1,5,14H2. The lowest BCUT2D eigenvalue weighted by molar-refractivity contribution is 0.224. The van der Waals surface area contributed by atoms with Crippen LogP contribution in [-0.4, -0.2) is 6.61 Å². The molecule has 1 aromatic rings. The maximum absolute atomic E-state index is 13.3. The molecule has 0 bridgehead atoms. The Morgan fingerprint density at radius 2 is 2.13 bits per heavy atom. The highest BCUT2D eigenvalue weighted by molar-refractivity contribution is 5.28. The predicted octanol–water partition coefficient (Wildman–Crippen LogP) is 2.27. The van der Waals surface area contributed by atoms with Gasteiger partial charge in [0.1, 0.15) is 17.4 Å². The molecule has 1 aliphatic heterocycles. The Balaban J connectivity index is 2.31. The van der Waals surface area contributed by atoms with E-state index in [1.165, 1.54) is 0 Å². The van der Waals surface area contributed by atoms with Crippen molar-refractivity contribution in [2.24, 2.45) is 5.73 Å². The van der Waals surface area contributed by atoms with Crippen molar-refractivity contribution in [2.75, 3.05) is 6.61 Å². The van der Waals surface area contributed by atoms with Crippen molar-refractivity contribution in [1.82, 2.24) is 0 Å². The molecule has 0 radical (unpaired) electrons. The van der Waals surface area contributed by atoms with Crippen LogP contribution in [-0.2, 0) is 4.74 Å². The summed E-state index contributed by atoms with van der Waals surface area (Å²) in [5.74, 6) is -0.500. The lowest BCUT2D eigenvalue weighted by Crippen LogP contribution is -2.15. The zero-order valence-corrected chi connectivity index (χ0v) is 8.04. The third-order valence-electron chi connectivity index (χ3n) is 2.33. The highest BCUT2D eigenvalue weighted by Crippen LogP contribution is 2.26. The van der Waals surface area contributed by atoms with Crippen LogP contribution in [0.25, 0.3) is 0 Å². The van der Waals surface area contributed by atoms with E-state index in [2.05, 4.69) is 0 Å². The molecule has 0 aliphatic carbocycles. The molecule has 80 valence electrons. The maximum Gasteiger partial charge on any atom is 0.128 e. The Morgan fingerprint density at radius 3 is 2.80 bits per heavy atom. The number of hydrogen-bond donors (Lipinski definition) is 1. The van der Waals surface area contributed by atoms with Gasteiger partial charge >= 0.3 is 0 Å². The Bertz CT molecular complexity index is 404. The maximum atomic E-state index is 13.3. The molecule has 2 N–H and O–H groups in total. The van der Waals surface area contributed by atoms with Crippen molar-refractivity contribution >= 4 is 0 Å². The van der Waals surface area contributed by atoms with E-state index in [-0.39, 0.29) is 5.56 Å². The van der Waals surface area contributed by atoms with Crippen LogP contribution in [0.4, 0.5) is 8.78 Å². The molecule has 2 nitrogen and oxygen atoms in total. The van der Waals surface area contributed by atoms with Crippen molar-refractivity contribution in [1.29, 1.82) is 0 Å². The van der Waals surface area contributed by atoms with Crippen LogP contribution in [0.2, 0.25) is 0 Å². The van der Waals surface area contributed by atoms with E-state index < -0.39 is 17.7 Å². The van der Waals surface area contributed by atoms with Crippen LogP contribution < -0.4 is 5.73 Å². The second kappa shape index (κ2) is 3.98. The van der Waals surface area contributed by atoms with Crippen LogP contribution >= 0.6 is 0 Å². The van der Waals surface area contributed by atoms with E-state index in [9.17, 15) is 8.78 Å². The minimum Gasteiger partial charge on any atom is -0.496 e. The van der Waals surface area contributed by atoms with Crippen LogP contribution in [0, 0.1) is 11.6 Å². The van der Waals surface area contributed by atoms with Gasteiger partial charge < -0.3 is 10.5 Å². The second-order valence-corrected chi connectivity index (χ2v) is 3.39. The predicted molar refractivity (Wildman–Crippen MR) is 51.9 cm³/mol. The molecule has 1 aromatic carbocycles. The van der Waals surface area contributed by atoms with Crippen molar-refractivity contribution < 1.29 is 13.5 Å². The molecule has 15 heavy (non-hydrogen) atoms. The average Bonchev–Trinajstić information content (AvgIpc) is 2.74. The van der Waals surface area contributed by atoms with Gasteiger partial charge in [-0.3, -0.25) is 0 Å². The van der Waals surface area contributed by atoms with E-state index >= 15 is 0 Å². The van der Waals surface area contributed by atoms with Crippen molar-refractivity contribution in [3.8, 4) is 0 Å². The molecule has 4 heteroatoms. The van der Waals surface area contributed by atoms with Crippen LogP contribution in [0.1, 0.15) is 18.0 Å². The fraction of sp³-hybridized carbons (Fsp3) is 0.273. The van der Waals surface area contributed by atoms with E-state index in [1.807, 2.05) is 0 Å². The number of ether oxygens (including phenoxy) is 1. The zero-order valence-electron chi connectivity index (χ0n) is 8.04. The lowest BCUT2D eigenvalue weighted by Gasteiger charge is -2.14. The Kier molecular flexibility index (Phi) is 2.68. The molecule has 0 amide bonds. The fourth-order valence-corrected chi connectivity index (χ4v) is 1.56. The Morgan fingerprint density at radius 1 is 1.33 bits per heavy atom. The van der Waals surface area contributed by atoms with Crippen LogP contribution in [0.3, 0.4) is 0 Å². The van der Waals surface area contributed by atoms with E-state index in [0.717, 1.165) is 24.6 Å². The quantitative estimate of drug-likeness (QED) is 0.814. The first-order valence-electron chi connectivity index (χ1n) is 4.72. The van der Waals surface area contributed by atoms with Crippen LogP contribution in [0.5, 0.6) is 0 Å². The zero-order chi connectivity index (χ0) is 10.8. The van der Waals surface area contributed by atoms with Crippen molar-refractivity contribution in [3.63, 3.8) is 0 Å². The van der Waals surface area contributed by atoms with Gasteiger partial charge in [-0.1, -0.05) is 0 Å². The highest BCUT2D eigenvalue weighted by Gasteiger charge is 2.20. The fourth-order valence-electron chi connectivity index (χ4n) is 1.56. The minimum absolute atomic E-state index is 0.128. The first-order chi connectivity index (χ1) is 7.18. The smallest absolute Gasteiger partial charge is 0.128 e. The largest absolute Gasteiger partial charge is 0.496 e. The summed E-state index contributed by atoms with van der Waals surface area (Å²) in [6.07, 6.45) is 2.56. The summed E-state index contributed by atoms with van der Waals surface area (Å²) in [6, 6.07) is 2.51. The summed E-state index contributed by atoms with van der Waals surface area (Å²) in [5.41, 5.74) is 5.90. The SMILES string of the molecule is NC(C1=CCCO1)c1cc(F)ccc1F. The molecule has 1 atom stereocenters. The topological polar surface area (TPSA) is 35.2 Å². The van der Waals surface area contributed by atoms with Gasteiger partial charge in [-0.2, -0.15) is 0 Å². The van der Waals surface area contributed by atoms with Gasteiger partial charge in [0.2, 0.25) is 0 Å². The average molecular weight is 211 g/mol. The Hall–Kier alpha value is -1.42. The number of hydrogen-bond acceptors (Lipinski definition) is 2. The van der Waals surface area contributed by atoms with Crippen LogP contribution in [0.15, 0.2) is 30.0 Å². The van der Waals surface area contributed by atoms with Gasteiger partial charge in [0, 0.05) is 12.0 Å². The molecular weight excluding hydrogens is 200 g/mol. The van der Waals surface area contributed by atoms with E-state index in [0.29, 0.717) is 12.4 Å². The number of benzene rings is 1.